The molecule has 2 aliphatic rings. The number of rotatable bonds is 6. The monoisotopic (exact) mass is 247 g/mol. The smallest absolute Gasteiger partial charge is 0.108 e. The molecular weight excluding hydrogens is 222 g/mol. The van der Waals surface area contributed by atoms with Crippen LogP contribution in [0.5, 0.6) is 0 Å². The molecule has 18 heavy (non-hydrogen) atoms. The third-order valence-electron chi connectivity index (χ3n) is 4.92. The average molecular weight is 247 g/mol. The maximum atomic E-state index is 4.43. The highest BCUT2D eigenvalue weighted by Crippen LogP contribution is 2.55. The Kier molecular flexibility index (Phi) is 3.42. The van der Waals surface area contributed by atoms with Crippen molar-refractivity contribution in [2.24, 2.45) is 24.8 Å². The van der Waals surface area contributed by atoms with E-state index in [-0.39, 0.29) is 0 Å². The van der Waals surface area contributed by atoms with E-state index in [0.29, 0.717) is 6.04 Å². The number of fused-ring (bicyclic) bond motifs is 1. The van der Waals surface area contributed by atoms with Gasteiger partial charge in [-0.3, -0.25) is 0 Å². The van der Waals surface area contributed by atoms with E-state index in [9.17, 15) is 0 Å². The highest BCUT2D eigenvalue weighted by atomic mass is 15.0. The van der Waals surface area contributed by atoms with Crippen LogP contribution in [0.4, 0.5) is 0 Å². The Hall–Kier alpha value is -0.830. The van der Waals surface area contributed by atoms with Crippen molar-refractivity contribution in [1.29, 1.82) is 0 Å². The van der Waals surface area contributed by atoms with E-state index >= 15 is 0 Å². The molecule has 3 unspecified atom stereocenters. The van der Waals surface area contributed by atoms with E-state index in [1.54, 1.807) is 0 Å². The van der Waals surface area contributed by atoms with E-state index in [1.165, 1.54) is 31.5 Å². The normalized spacial score (nSPS) is 31.3. The van der Waals surface area contributed by atoms with Crippen molar-refractivity contribution in [3.63, 3.8) is 0 Å². The van der Waals surface area contributed by atoms with Gasteiger partial charge in [0.05, 0.1) is 0 Å². The Bertz CT molecular complexity index is 388. The molecule has 1 aromatic heterocycles. The number of aryl methyl sites for hydroxylation is 2. The lowest BCUT2D eigenvalue weighted by Crippen LogP contribution is -2.36. The van der Waals surface area contributed by atoms with Gasteiger partial charge in [0.2, 0.25) is 0 Å². The first-order valence-electron chi connectivity index (χ1n) is 7.47. The Balaban J connectivity index is 1.55. The van der Waals surface area contributed by atoms with Crippen LogP contribution in [-0.2, 0) is 13.5 Å². The predicted molar refractivity (Wildman–Crippen MR) is 73.3 cm³/mol. The minimum absolute atomic E-state index is 0.708. The molecule has 1 heterocycles. The van der Waals surface area contributed by atoms with Crippen molar-refractivity contribution in [2.45, 2.75) is 45.1 Å². The van der Waals surface area contributed by atoms with E-state index in [0.717, 1.165) is 30.7 Å². The van der Waals surface area contributed by atoms with Gasteiger partial charge in [-0.15, -0.1) is 0 Å². The highest BCUT2D eigenvalue weighted by molar-refractivity contribution is 5.00. The summed E-state index contributed by atoms with van der Waals surface area (Å²) in [6.45, 7) is 3.32. The van der Waals surface area contributed by atoms with Gasteiger partial charge in [0.15, 0.2) is 0 Å². The maximum absolute atomic E-state index is 4.43. The standard InChI is InChI=1S/C15H25N3/c1-3-16-14(13-9-11-8-12(11)10-13)4-5-15-17-6-7-18(15)2/h6-7,11-14,16H,3-5,8-10H2,1-2H3. The average Bonchev–Trinajstić information content (AvgIpc) is 2.79. The van der Waals surface area contributed by atoms with Crippen molar-refractivity contribution < 1.29 is 0 Å². The van der Waals surface area contributed by atoms with Gasteiger partial charge >= 0.3 is 0 Å². The van der Waals surface area contributed by atoms with E-state index in [4.69, 9.17) is 0 Å². The predicted octanol–water partition coefficient (Wildman–Crippen LogP) is 2.38. The Labute approximate surface area is 110 Å². The molecular formula is C15H25N3. The van der Waals surface area contributed by atoms with Crippen molar-refractivity contribution in [2.75, 3.05) is 6.54 Å². The SMILES string of the molecule is CCNC(CCc1nccn1C)C1CC2CC2C1. The number of aromatic nitrogens is 2. The Morgan fingerprint density at radius 3 is 2.78 bits per heavy atom. The lowest BCUT2D eigenvalue weighted by molar-refractivity contribution is 0.321. The first kappa shape index (κ1) is 12.2. The molecule has 3 nitrogen and oxygen atoms in total. The summed E-state index contributed by atoms with van der Waals surface area (Å²) in [4.78, 5) is 4.43. The van der Waals surface area contributed by atoms with Gasteiger partial charge in [0.25, 0.3) is 0 Å². The molecule has 0 amide bonds. The molecule has 0 bridgehead atoms. The summed E-state index contributed by atoms with van der Waals surface area (Å²) >= 11 is 0. The molecule has 3 atom stereocenters. The third-order valence-corrected chi connectivity index (χ3v) is 4.92. The molecule has 0 spiro atoms. The van der Waals surface area contributed by atoms with Gasteiger partial charge in [0.1, 0.15) is 5.82 Å². The van der Waals surface area contributed by atoms with Crippen LogP contribution in [0.15, 0.2) is 12.4 Å². The van der Waals surface area contributed by atoms with Crippen LogP contribution in [0.1, 0.15) is 38.4 Å². The van der Waals surface area contributed by atoms with Crippen LogP contribution in [0.25, 0.3) is 0 Å². The summed E-state index contributed by atoms with van der Waals surface area (Å²) in [6.07, 6.45) is 10.8. The lowest BCUT2D eigenvalue weighted by Gasteiger charge is -2.25. The number of nitrogens with one attached hydrogen (secondary N) is 1. The molecule has 2 saturated carbocycles. The Morgan fingerprint density at radius 2 is 2.17 bits per heavy atom. The third kappa shape index (κ3) is 2.46. The molecule has 3 rings (SSSR count). The zero-order valence-electron chi connectivity index (χ0n) is 11.6. The first-order valence-corrected chi connectivity index (χ1v) is 7.47. The van der Waals surface area contributed by atoms with Gasteiger partial charge in [-0.25, -0.2) is 4.98 Å². The second kappa shape index (κ2) is 5.04. The van der Waals surface area contributed by atoms with Crippen LogP contribution in [0.3, 0.4) is 0 Å². The second-order valence-electron chi connectivity index (χ2n) is 6.14. The van der Waals surface area contributed by atoms with E-state index in [2.05, 4.69) is 28.8 Å². The fraction of sp³-hybridized carbons (Fsp3) is 0.800. The summed E-state index contributed by atoms with van der Waals surface area (Å²) < 4.78 is 2.15. The molecule has 0 radical (unpaired) electrons. The molecule has 1 N–H and O–H groups in total. The summed E-state index contributed by atoms with van der Waals surface area (Å²) in [7, 11) is 2.09. The fourth-order valence-electron chi connectivity index (χ4n) is 3.78. The van der Waals surface area contributed by atoms with Crippen molar-refractivity contribution in [1.82, 2.24) is 14.9 Å². The number of imidazole rings is 1. The second-order valence-corrected chi connectivity index (χ2v) is 6.14. The topological polar surface area (TPSA) is 29.9 Å². The quantitative estimate of drug-likeness (QED) is 0.836. The number of hydrogen-bond donors (Lipinski definition) is 1. The van der Waals surface area contributed by atoms with E-state index in [1.807, 2.05) is 12.4 Å². The zero-order valence-corrected chi connectivity index (χ0v) is 11.6. The molecule has 1 aromatic rings. The van der Waals surface area contributed by atoms with Gasteiger partial charge in [-0.05, 0) is 50.0 Å². The molecule has 0 saturated heterocycles. The molecule has 2 fully saturated rings. The molecule has 3 heteroatoms. The number of hydrogen-bond acceptors (Lipinski definition) is 2. The van der Waals surface area contributed by atoms with Crippen molar-refractivity contribution >= 4 is 0 Å². The van der Waals surface area contributed by atoms with Crippen LogP contribution in [0.2, 0.25) is 0 Å². The minimum atomic E-state index is 0.708. The first-order chi connectivity index (χ1) is 8.78. The summed E-state index contributed by atoms with van der Waals surface area (Å²) in [6, 6.07) is 0.708. The van der Waals surface area contributed by atoms with Crippen LogP contribution < -0.4 is 5.32 Å². The summed E-state index contributed by atoms with van der Waals surface area (Å²) in [5.74, 6) is 4.32. The highest BCUT2D eigenvalue weighted by Gasteiger charge is 2.47. The van der Waals surface area contributed by atoms with Crippen molar-refractivity contribution in [3.05, 3.63) is 18.2 Å². The largest absolute Gasteiger partial charge is 0.338 e. The molecule has 0 aliphatic heterocycles. The van der Waals surface area contributed by atoms with Crippen LogP contribution >= 0.6 is 0 Å². The van der Waals surface area contributed by atoms with Crippen LogP contribution in [-0.4, -0.2) is 22.1 Å². The van der Waals surface area contributed by atoms with Gasteiger partial charge < -0.3 is 9.88 Å². The van der Waals surface area contributed by atoms with E-state index < -0.39 is 0 Å². The molecule has 2 aliphatic carbocycles. The fourth-order valence-corrected chi connectivity index (χ4v) is 3.78. The Morgan fingerprint density at radius 1 is 1.39 bits per heavy atom. The van der Waals surface area contributed by atoms with Gasteiger partial charge in [-0.2, -0.15) is 0 Å². The van der Waals surface area contributed by atoms with Crippen LogP contribution in [0, 0.1) is 17.8 Å². The van der Waals surface area contributed by atoms with Crippen molar-refractivity contribution in [3.8, 4) is 0 Å². The number of nitrogens with zero attached hydrogens (tertiary/aromatic N) is 2. The molecule has 0 aromatic carbocycles. The summed E-state index contributed by atoms with van der Waals surface area (Å²) in [5, 5.41) is 3.71. The lowest BCUT2D eigenvalue weighted by atomic mass is 9.91. The maximum Gasteiger partial charge on any atom is 0.108 e. The molecule has 100 valence electrons. The zero-order chi connectivity index (χ0) is 12.5. The van der Waals surface area contributed by atoms with Gasteiger partial charge in [0, 0.05) is 31.9 Å². The summed E-state index contributed by atoms with van der Waals surface area (Å²) in [5.41, 5.74) is 0. The van der Waals surface area contributed by atoms with Gasteiger partial charge in [-0.1, -0.05) is 6.92 Å². The minimum Gasteiger partial charge on any atom is -0.338 e.